The number of aromatic nitrogens is 2. The van der Waals surface area contributed by atoms with Crippen molar-refractivity contribution in [2.75, 3.05) is 6.54 Å². The Labute approximate surface area is 119 Å². The van der Waals surface area contributed by atoms with Crippen LogP contribution < -0.4 is 5.32 Å². The Balaban J connectivity index is 1.67. The molecule has 4 nitrogen and oxygen atoms in total. The lowest BCUT2D eigenvalue weighted by molar-refractivity contribution is 0.206. The second kappa shape index (κ2) is 4.92. The van der Waals surface area contributed by atoms with Gasteiger partial charge in [0.1, 0.15) is 5.82 Å². The molecule has 1 heterocycles. The molecule has 1 aromatic carbocycles. The minimum absolute atomic E-state index is 0.105. The third kappa shape index (κ3) is 2.19. The SMILES string of the molecule is Cc1nc2cc(CNCC3(C#N)CCC3)ccc2n1C. The molecule has 0 amide bonds. The number of fused-ring (bicyclic) bond motifs is 1. The van der Waals surface area contributed by atoms with Crippen LogP contribution >= 0.6 is 0 Å². The molecule has 1 fully saturated rings. The van der Waals surface area contributed by atoms with Gasteiger partial charge in [0.15, 0.2) is 0 Å². The van der Waals surface area contributed by atoms with Gasteiger partial charge in [-0.2, -0.15) is 5.26 Å². The molecule has 0 aliphatic heterocycles. The van der Waals surface area contributed by atoms with Crippen molar-refractivity contribution in [3.05, 3.63) is 29.6 Å². The van der Waals surface area contributed by atoms with Crippen LogP contribution in [0.1, 0.15) is 30.7 Å². The maximum Gasteiger partial charge on any atom is 0.106 e. The lowest BCUT2D eigenvalue weighted by atomic mass is 9.70. The van der Waals surface area contributed by atoms with Crippen molar-refractivity contribution < 1.29 is 0 Å². The van der Waals surface area contributed by atoms with Crippen LogP contribution in [-0.4, -0.2) is 16.1 Å². The predicted octanol–water partition coefficient (Wildman–Crippen LogP) is 2.67. The molecule has 0 spiro atoms. The standard InChI is InChI=1S/C16H20N4/c1-12-19-14-8-13(4-5-15(14)20(12)2)9-18-11-16(10-17)6-3-7-16/h4-5,8,18H,3,6-7,9,11H2,1-2H3. The molecule has 1 N–H and O–H groups in total. The summed E-state index contributed by atoms with van der Waals surface area (Å²) in [7, 11) is 2.04. The maximum atomic E-state index is 9.21. The van der Waals surface area contributed by atoms with E-state index in [1.165, 1.54) is 17.5 Å². The summed E-state index contributed by atoms with van der Waals surface area (Å²) in [6.45, 7) is 3.61. The van der Waals surface area contributed by atoms with Crippen molar-refractivity contribution in [2.45, 2.75) is 32.7 Å². The van der Waals surface area contributed by atoms with E-state index in [1.54, 1.807) is 0 Å². The predicted molar refractivity (Wildman–Crippen MR) is 79.1 cm³/mol. The second-order valence-electron chi connectivity index (χ2n) is 5.89. The van der Waals surface area contributed by atoms with Gasteiger partial charge in [-0.25, -0.2) is 4.98 Å². The van der Waals surface area contributed by atoms with Gasteiger partial charge in [-0.05, 0) is 37.5 Å². The van der Waals surface area contributed by atoms with Gasteiger partial charge in [-0.3, -0.25) is 0 Å². The molecular formula is C16H20N4. The van der Waals surface area contributed by atoms with Crippen LogP contribution in [0.25, 0.3) is 11.0 Å². The van der Waals surface area contributed by atoms with Crippen molar-refractivity contribution in [2.24, 2.45) is 12.5 Å². The molecular weight excluding hydrogens is 248 g/mol. The van der Waals surface area contributed by atoms with Crippen molar-refractivity contribution >= 4 is 11.0 Å². The molecule has 0 atom stereocenters. The third-order valence-corrected chi connectivity index (χ3v) is 4.51. The number of rotatable bonds is 4. The lowest BCUT2D eigenvalue weighted by Crippen LogP contribution is -2.38. The summed E-state index contributed by atoms with van der Waals surface area (Å²) >= 11 is 0. The van der Waals surface area contributed by atoms with Gasteiger partial charge in [0.25, 0.3) is 0 Å². The molecule has 3 rings (SSSR count). The van der Waals surface area contributed by atoms with Crippen LogP contribution in [0.15, 0.2) is 18.2 Å². The zero-order valence-corrected chi connectivity index (χ0v) is 12.1. The van der Waals surface area contributed by atoms with E-state index in [0.717, 1.165) is 37.3 Å². The lowest BCUT2D eigenvalue weighted by Gasteiger charge is -2.35. The molecule has 20 heavy (non-hydrogen) atoms. The first-order valence-corrected chi connectivity index (χ1v) is 7.17. The zero-order chi connectivity index (χ0) is 14.2. The van der Waals surface area contributed by atoms with E-state index < -0.39 is 0 Å². The summed E-state index contributed by atoms with van der Waals surface area (Å²) in [4.78, 5) is 4.56. The summed E-state index contributed by atoms with van der Waals surface area (Å²) in [5.74, 6) is 1.03. The average Bonchev–Trinajstić information content (AvgIpc) is 2.68. The largest absolute Gasteiger partial charge is 0.331 e. The van der Waals surface area contributed by atoms with E-state index in [2.05, 4.69) is 39.1 Å². The smallest absolute Gasteiger partial charge is 0.106 e. The highest BCUT2D eigenvalue weighted by Gasteiger charge is 2.36. The summed E-state index contributed by atoms with van der Waals surface area (Å²) < 4.78 is 2.10. The number of nitriles is 1. The highest BCUT2D eigenvalue weighted by atomic mass is 15.0. The fraction of sp³-hybridized carbons (Fsp3) is 0.500. The van der Waals surface area contributed by atoms with Crippen molar-refractivity contribution in [1.29, 1.82) is 5.26 Å². The van der Waals surface area contributed by atoms with Gasteiger partial charge in [-0.1, -0.05) is 12.5 Å². The molecule has 2 aromatic rings. The fourth-order valence-corrected chi connectivity index (χ4v) is 2.85. The first-order valence-electron chi connectivity index (χ1n) is 7.17. The van der Waals surface area contributed by atoms with Crippen LogP contribution in [0, 0.1) is 23.7 Å². The summed E-state index contributed by atoms with van der Waals surface area (Å²) in [5.41, 5.74) is 3.33. The number of nitrogens with zero attached hydrogens (tertiary/aromatic N) is 3. The van der Waals surface area contributed by atoms with Crippen LogP contribution in [0.5, 0.6) is 0 Å². The van der Waals surface area contributed by atoms with E-state index >= 15 is 0 Å². The molecule has 104 valence electrons. The first kappa shape index (κ1) is 13.1. The van der Waals surface area contributed by atoms with Crippen molar-refractivity contribution in [3.8, 4) is 6.07 Å². The maximum absolute atomic E-state index is 9.21. The Hall–Kier alpha value is -1.86. The van der Waals surface area contributed by atoms with E-state index in [0.29, 0.717) is 0 Å². The van der Waals surface area contributed by atoms with E-state index in [1.807, 2.05) is 14.0 Å². The Kier molecular flexibility index (Phi) is 3.23. The molecule has 0 radical (unpaired) electrons. The highest BCUT2D eigenvalue weighted by molar-refractivity contribution is 5.76. The molecule has 1 aromatic heterocycles. The number of hydrogen-bond donors (Lipinski definition) is 1. The third-order valence-electron chi connectivity index (χ3n) is 4.51. The quantitative estimate of drug-likeness (QED) is 0.927. The normalized spacial score (nSPS) is 16.9. The minimum atomic E-state index is -0.105. The Morgan fingerprint density at radius 3 is 2.90 bits per heavy atom. The number of hydrogen-bond acceptors (Lipinski definition) is 3. The molecule has 0 unspecified atom stereocenters. The highest BCUT2D eigenvalue weighted by Crippen LogP contribution is 2.39. The topological polar surface area (TPSA) is 53.6 Å². The van der Waals surface area contributed by atoms with Gasteiger partial charge in [0, 0.05) is 20.1 Å². The van der Waals surface area contributed by atoms with Crippen LogP contribution in [0.3, 0.4) is 0 Å². The van der Waals surface area contributed by atoms with Gasteiger partial charge in [0.05, 0.1) is 22.5 Å². The van der Waals surface area contributed by atoms with Crippen LogP contribution in [0.2, 0.25) is 0 Å². The molecule has 4 heteroatoms. The average molecular weight is 268 g/mol. The van der Waals surface area contributed by atoms with Crippen molar-refractivity contribution in [1.82, 2.24) is 14.9 Å². The Morgan fingerprint density at radius 2 is 2.25 bits per heavy atom. The number of nitrogens with one attached hydrogen (secondary N) is 1. The zero-order valence-electron chi connectivity index (χ0n) is 12.1. The monoisotopic (exact) mass is 268 g/mol. The van der Waals surface area contributed by atoms with Gasteiger partial charge in [-0.15, -0.1) is 0 Å². The minimum Gasteiger partial charge on any atom is -0.331 e. The van der Waals surface area contributed by atoms with Crippen LogP contribution in [0.4, 0.5) is 0 Å². The summed E-state index contributed by atoms with van der Waals surface area (Å²) in [6.07, 6.45) is 3.26. The molecule has 1 aliphatic carbocycles. The molecule has 0 saturated heterocycles. The molecule has 1 aliphatic rings. The van der Waals surface area contributed by atoms with Crippen LogP contribution in [-0.2, 0) is 13.6 Å². The second-order valence-corrected chi connectivity index (χ2v) is 5.89. The van der Waals surface area contributed by atoms with Gasteiger partial charge >= 0.3 is 0 Å². The van der Waals surface area contributed by atoms with E-state index in [4.69, 9.17) is 0 Å². The Morgan fingerprint density at radius 1 is 1.45 bits per heavy atom. The van der Waals surface area contributed by atoms with Gasteiger partial charge in [0.2, 0.25) is 0 Å². The first-order chi connectivity index (χ1) is 9.63. The summed E-state index contributed by atoms with van der Waals surface area (Å²) in [5, 5.41) is 12.6. The van der Waals surface area contributed by atoms with Crippen molar-refractivity contribution in [3.63, 3.8) is 0 Å². The van der Waals surface area contributed by atoms with E-state index in [9.17, 15) is 5.26 Å². The number of benzene rings is 1. The molecule has 1 saturated carbocycles. The fourth-order valence-electron chi connectivity index (χ4n) is 2.85. The Bertz CT molecular complexity index is 674. The molecule has 0 bridgehead atoms. The number of imidazole rings is 1. The van der Waals surface area contributed by atoms with E-state index in [-0.39, 0.29) is 5.41 Å². The summed E-state index contributed by atoms with van der Waals surface area (Å²) in [6, 6.07) is 8.85. The number of aryl methyl sites for hydroxylation is 2. The van der Waals surface area contributed by atoms with Gasteiger partial charge < -0.3 is 9.88 Å².